The first-order chi connectivity index (χ1) is 17.1. The van der Waals surface area contributed by atoms with E-state index in [4.69, 9.17) is 0 Å². The van der Waals surface area contributed by atoms with Crippen LogP contribution in [0.1, 0.15) is 50.9 Å². The van der Waals surface area contributed by atoms with Gasteiger partial charge in [-0.2, -0.15) is 0 Å². The predicted molar refractivity (Wildman–Crippen MR) is 149 cm³/mol. The van der Waals surface area contributed by atoms with Gasteiger partial charge in [0.15, 0.2) is 0 Å². The molecule has 0 fully saturated rings. The number of benzene rings is 4. The molecule has 0 saturated carbocycles. The van der Waals surface area contributed by atoms with Crippen LogP contribution in [-0.2, 0) is 0 Å². The van der Waals surface area contributed by atoms with Gasteiger partial charge in [-0.1, -0.05) is 91.0 Å². The Morgan fingerprint density at radius 3 is 1.86 bits per heavy atom. The molecule has 0 heterocycles. The van der Waals surface area contributed by atoms with Crippen molar-refractivity contribution in [3.05, 3.63) is 146 Å². The summed E-state index contributed by atoms with van der Waals surface area (Å²) in [6.45, 7) is 9.13. The molecule has 0 aromatic heterocycles. The molecule has 35 heavy (non-hydrogen) atoms. The fourth-order valence-electron chi connectivity index (χ4n) is 5.86. The van der Waals surface area contributed by atoms with Crippen LogP contribution in [-0.4, -0.2) is 0 Å². The highest BCUT2D eigenvalue weighted by Crippen LogP contribution is 2.42. The van der Waals surface area contributed by atoms with Crippen LogP contribution in [0.2, 0.25) is 0 Å². The second-order valence-electron chi connectivity index (χ2n) is 9.72. The molecule has 0 atom stereocenters. The van der Waals surface area contributed by atoms with Gasteiger partial charge in [0, 0.05) is 0 Å². The molecule has 0 N–H and O–H groups in total. The van der Waals surface area contributed by atoms with E-state index in [1.54, 1.807) is 0 Å². The topological polar surface area (TPSA) is 0 Å². The molecule has 169 valence electrons. The predicted octanol–water partition coefficient (Wildman–Crippen LogP) is 7.20. The number of rotatable bonds is 3. The molecule has 4 aromatic rings. The maximum atomic E-state index is 3.84. The molecule has 2 aliphatic carbocycles. The molecule has 2 aliphatic rings. The lowest BCUT2D eigenvalue weighted by Crippen LogP contribution is -2.19. The van der Waals surface area contributed by atoms with E-state index in [1.807, 2.05) is 0 Å². The summed E-state index contributed by atoms with van der Waals surface area (Å²) < 4.78 is 0. The van der Waals surface area contributed by atoms with Crippen LogP contribution >= 0.6 is 0 Å². The maximum Gasteiger partial charge on any atom is -0.000721 e. The smallest absolute Gasteiger partial charge is 0.000721 e. The van der Waals surface area contributed by atoms with E-state index in [0.717, 1.165) is 6.42 Å². The second-order valence-corrected chi connectivity index (χ2v) is 9.72. The first kappa shape index (κ1) is 21.6. The Morgan fingerprint density at radius 2 is 1.26 bits per heavy atom. The summed E-state index contributed by atoms with van der Waals surface area (Å²) in [5.74, 6) is 0. The molecule has 1 radical (unpaired) electrons. The van der Waals surface area contributed by atoms with Crippen molar-refractivity contribution < 1.29 is 0 Å². The van der Waals surface area contributed by atoms with Crippen LogP contribution in [0.15, 0.2) is 91.0 Å². The number of fused-ring (bicyclic) bond motifs is 3. The molecule has 0 saturated heterocycles. The SMILES string of the molecule is Cc1c(C)c(C2=CC=CC2)c2c(c1C)-c1c(C)c(=C(c3ccccc3)c3ccccc3)ccc1=[C]2. The van der Waals surface area contributed by atoms with E-state index < -0.39 is 0 Å². The third kappa shape index (κ3) is 3.36. The Kier molecular flexibility index (Phi) is 5.19. The molecule has 0 aliphatic heterocycles. The van der Waals surface area contributed by atoms with Crippen LogP contribution in [0.4, 0.5) is 0 Å². The van der Waals surface area contributed by atoms with Gasteiger partial charge in [-0.25, -0.2) is 0 Å². The van der Waals surface area contributed by atoms with E-state index in [-0.39, 0.29) is 0 Å². The van der Waals surface area contributed by atoms with Gasteiger partial charge in [0.25, 0.3) is 0 Å². The van der Waals surface area contributed by atoms with Crippen molar-refractivity contribution in [2.75, 3.05) is 0 Å². The Labute approximate surface area is 208 Å². The molecular weight excluding hydrogens is 420 g/mol. The normalized spacial score (nSPS) is 13.3. The first-order valence-corrected chi connectivity index (χ1v) is 12.4. The summed E-state index contributed by atoms with van der Waals surface area (Å²) in [6, 6.07) is 26.1. The van der Waals surface area contributed by atoms with Crippen LogP contribution in [0.5, 0.6) is 0 Å². The summed E-state index contributed by atoms with van der Waals surface area (Å²) >= 11 is 0. The van der Waals surface area contributed by atoms with Crippen molar-refractivity contribution in [3.8, 4) is 11.1 Å². The summed E-state index contributed by atoms with van der Waals surface area (Å²) in [5.41, 5.74) is 16.0. The lowest BCUT2D eigenvalue weighted by molar-refractivity contribution is 1.23. The highest BCUT2D eigenvalue weighted by atomic mass is 14.3. The van der Waals surface area contributed by atoms with E-state index in [1.165, 1.54) is 77.2 Å². The zero-order valence-electron chi connectivity index (χ0n) is 20.9. The van der Waals surface area contributed by atoms with Gasteiger partial charge in [-0.15, -0.1) is 0 Å². The summed E-state index contributed by atoms with van der Waals surface area (Å²) in [7, 11) is 0. The van der Waals surface area contributed by atoms with Gasteiger partial charge in [-0.05, 0) is 117 Å². The van der Waals surface area contributed by atoms with Crippen LogP contribution < -0.4 is 10.4 Å². The molecule has 0 bridgehead atoms. The highest BCUT2D eigenvalue weighted by molar-refractivity contribution is 5.95. The van der Waals surface area contributed by atoms with Crippen LogP contribution in [0.25, 0.3) is 28.3 Å². The number of hydrogen-bond acceptors (Lipinski definition) is 0. The van der Waals surface area contributed by atoms with E-state index in [2.05, 4.69) is 125 Å². The minimum absolute atomic E-state index is 0.998. The molecular formula is C35H29. The average Bonchev–Trinajstić information content (AvgIpc) is 3.55. The summed E-state index contributed by atoms with van der Waals surface area (Å²) in [6.07, 6.45) is 11.5. The minimum atomic E-state index is 0.998. The minimum Gasteiger partial charge on any atom is -0.0801 e. The molecule has 4 aromatic carbocycles. The summed E-state index contributed by atoms with van der Waals surface area (Å²) in [4.78, 5) is 0. The molecule has 0 heteroatoms. The number of hydrogen-bond donors (Lipinski definition) is 0. The second kappa shape index (κ2) is 8.40. The average molecular weight is 450 g/mol. The third-order valence-corrected chi connectivity index (χ3v) is 7.84. The highest BCUT2D eigenvalue weighted by Gasteiger charge is 2.26. The molecule has 0 amide bonds. The molecule has 0 unspecified atom stereocenters. The molecule has 0 nitrogen and oxygen atoms in total. The fourth-order valence-corrected chi connectivity index (χ4v) is 5.86. The maximum absolute atomic E-state index is 3.84. The van der Waals surface area contributed by atoms with Crippen molar-refractivity contribution in [2.24, 2.45) is 0 Å². The van der Waals surface area contributed by atoms with E-state index >= 15 is 0 Å². The lowest BCUT2D eigenvalue weighted by atomic mass is 9.83. The molecule has 6 rings (SSSR count). The Balaban J connectivity index is 1.71. The Bertz CT molecular complexity index is 1620. The van der Waals surface area contributed by atoms with E-state index in [0.29, 0.717) is 0 Å². The van der Waals surface area contributed by atoms with Crippen LogP contribution in [0, 0.1) is 27.7 Å². The fraction of sp³-hybridized carbons (Fsp3) is 0.143. The van der Waals surface area contributed by atoms with Crippen molar-refractivity contribution in [2.45, 2.75) is 34.1 Å². The zero-order valence-corrected chi connectivity index (χ0v) is 20.9. The number of allylic oxidation sites excluding steroid dienone is 4. The summed E-state index contributed by atoms with van der Waals surface area (Å²) in [5, 5.41) is 2.50. The largest absolute Gasteiger partial charge is 0.0801 e. The Hall–Kier alpha value is -3.90. The standard InChI is InChI=1S/C35H29/c1-22-23(2)32(26-17-11-12-18-26)31-21-29-19-20-30(25(4)33(29)34(31)24(22)3)35(27-13-7-5-8-14-27)28-15-9-6-10-16-28/h5-17,19-20H,18H2,1-4H3. The van der Waals surface area contributed by atoms with Gasteiger partial charge in [0.1, 0.15) is 0 Å². The van der Waals surface area contributed by atoms with Crippen molar-refractivity contribution in [1.82, 2.24) is 0 Å². The van der Waals surface area contributed by atoms with E-state index in [9.17, 15) is 0 Å². The quantitative estimate of drug-likeness (QED) is 0.273. The van der Waals surface area contributed by atoms with Gasteiger partial charge in [0.05, 0.1) is 0 Å². The van der Waals surface area contributed by atoms with Crippen molar-refractivity contribution in [3.63, 3.8) is 0 Å². The van der Waals surface area contributed by atoms with Gasteiger partial charge >= 0.3 is 0 Å². The zero-order chi connectivity index (χ0) is 24.1. The van der Waals surface area contributed by atoms with Crippen LogP contribution in [0.3, 0.4) is 0 Å². The first-order valence-electron chi connectivity index (χ1n) is 12.4. The molecule has 0 spiro atoms. The Morgan fingerprint density at radius 1 is 0.629 bits per heavy atom. The third-order valence-electron chi connectivity index (χ3n) is 7.84. The van der Waals surface area contributed by atoms with Gasteiger partial charge in [0.2, 0.25) is 0 Å². The monoisotopic (exact) mass is 449 g/mol. The van der Waals surface area contributed by atoms with Gasteiger partial charge in [-0.3, -0.25) is 0 Å². The van der Waals surface area contributed by atoms with Gasteiger partial charge < -0.3 is 0 Å². The van der Waals surface area contributed by atoms with Crippen molar-refractivity contribution >= 4 is 17.2 Å². The van der Waals surface area contributed by atoms with Crippen molar-refractivity contribution in [1.29, 1.82) is 0 Å². The lowest BCUT2D eigenvalue weighted by Gasteiger charge is -2.20.